The molecule has 2 aliphatic rings. The van der Waals surface area contributed by atoms with Crippen LogP contribution < -0.4 is 16.0 Å². The fraction of sp³-hybridized carbons (Fsp3) is 0.353. The van der Waals surface area contributed by atoms with Crippen LogP contribution >= 0.6 is 0 Å². The molecule has 2 bridgehead atoms. The summed E-state index contributed by atoms with van der Waals surface area (Å²) in [6.07, 6.45) is 0.0182. The zero-order valence-corrected chi connectivity index (χ0v) is 24.1. The summed E-state index contributed by atoms with van der Waals surface area (Å²) in [6.45, 7) is 6.76. The molecule has 0 radical (unpaired) electrons. The number of hydrogen-bond acceptors (Lipinski definition) is 6. The third-order valence-electron chi connectivity index (χ3n) is 8.48. The number of aryl methyl sites for hydroxylation is 2. The number of nitrogens with one attached hydrogen (secondary N) is 1. The molecule has 1 aromatic heterocycles. The van der Waals surface area contributed by atoms with Crippen molar-refractivity contribution in [1.29, 1.82) is 0 Å². The van der Waals surface area contributed by atoms with Crippen LogP contribution in [0.15, 0.2) is 101 Å². The molecular formula is C34H36N2O6. The molecule has 0 amide bonds. The van der Waals surface area contributed by atoms with Gasteiger partial charge in [0, 0.05) is 23.6 Å². The number of nitrogens with zero attached hydrogens (tertiary/aromatic N) is 1. The highest BCUT2D eigenvalue weighted by atomic mass is 16.6. The van der Waals surface area contributed by atoms with Crippen LogP contribution in [0, 0.1) is 25.7 Å². The molecule has 3 aromatic carbocycles. The minimum Gasteiger partial charge on any atom is -0.487 e. The van der Waals surface area contributed by atoms with E-state index in [0.29, 0.717) is 18.8 Å². The quantitative estimate of drug-likeness (QED) is 0.292. The molecule has 1 saturated carbocycles. The molecule has 1 aliphatic heterocycles. The van der Waals surface area contributed by atoms with Crippen LogP contribution in [0.5, 0.6) is 5.75 Å². The lowest BCUT2D eigenvalue weighted by Gasteiger charge is -2.41. The van der Waals surface area contributed by atoms with Crippen molar-refractivity contribution in [2.45, 2.75) is 58.0 Å². The van der Waals surface area contributed by atoms with Crippen molar-refractivity contribution in [3.05, 3.63) is 134 Å². The van der Waals surface area contributed by atoms with E-state index < -0.39 is 35.3 Å². The molecule has 8 nitrogen and oxygen atoms in total. The van der Waals surface area contributed by atoms with Crippen LogP contribution in [0.3, 0.4) is 0 Å². The van der Waals surface area contributed by atoms with Gasteiger partial charge in [0.15, 0.2) is 5.60 Å². The molecule has 0 spiro atoms. The van der Waals surface area contributed by atoms with Gasteiger partial charge >= 0.3 is 5.69 Å². The Balaban J connectivity index is 1.39. The summed E-state index contributed by atoms with van der Waals surface area (Å²) in [5, 5.41) is 0. The number of rotatable bonds is 10. The maximum atomic E-state index is 13.1. The lowest BCUT2D eigenvalue weighted by molar-refractivity contribution is -0.211. The largest absolute Gasteiger partial charge is 0.487 e. The summed E-state index contributed by atoms with van der Waals surface area (Å²) in [4.78, 5) is 27.7. The van der Waals surface area contributed by atoms with E-state index in [0.717, 1.165) is 22.4 Å². The fourth-order valence-electron chi connectivity index (χ4n) is 6.36. The number of hydrogen-bond donors (Lipinski definition) is 1. The molecule has 6 rings (SSSR count). The van der Waals surface area contributed by atoms with Gasteiger partial charge in [0.05, 0.1) is 19.8 Å². The Labute approximate surface area is 244 Å². The van der Waals surface area contributed by atoms with Gasteiger partial charge in [0.1, 0.15) is 24.2 Å². The van der Waals surface area contributed by atoms with E-state index in [-0.39, 0.29) is 18.4 Å². The van der Waals surface area contributed by atoms with Crippen molar-refractivity contribution >= 4 is 0 Å². The second-order valence-electron chi connectivity index (χ2n) is 11.4. The predicted octanol–water partition coefficient (Wildman–Crippen LogP) is 4.94. The van der Waals surface area contributed by atoms with Gasteiger partial charge in [-0.15, -0.1) is 0 Å². The Morgan fingerprint density at radius 3 is 2.17 bits per heavy atom. The van der Waals surface area contributed by atoms with Crippen LogP contribution in [0.1, 0.15) is 35.4 Å². The average Bonchev–Trinajstić information content (AvgIpc) is 3.42. The van der Waals surface area contributed by atoms with Gasteiger partial charge in [-0.05, 0) is 37.1 Å². The molecular weight excluding hydrogens is 532 g/mol. The van der Waals surface area contributed by atoms with Gasteiger partial charge in [-0.1, -0.05) is 85.3 Å². The topological polar surface area (TPSA) is 91.8 Å². The summed E-state index contributed by atoms with van der Waals surface area (Å²) in [6, 6.07) is 27.9. The first-order valence-electron chi connectivity index (χ1n) is 14.4. The highest BCUT2D eigenvalue weighted by Gasteiger charge is 2.71. The van der Waals surface area contributed by atoms with E-state index in [1.54, 1.807) is 13.1 Å². The molecule has 218 valence electrons. The van der Waals surface area contributed by atoms with Crippen molar-refractivity contribution < 1.29 is 18.9 Å². The summed E-state index contributed by atoms with van der Waals surface area (Å²) in [7, 11) is 0. The molecule has 6 atom stereocenters. The molecule has 1 saturated heterocycles. The van der Waals surface area contributed by atoms with Crippen LogP contribution in [0.4, 0.5) is 0 Å². The predicted molar refractivity (Wildman–Crippen MR) is 158 cm³/mol. The molecule has 2 heterocycles. The second kappa shape index (κ2) is 11.7. The van der Waals surface area contributed by atoms with Gasteiger partial charge in [-0.25, -0.2) is 4.79 Å². The van der Waals surface area contributed by atoms with Crippen molar-refractivity contribution in [2.24, 2.45) is 11.8 Å². The standard InChI is InChI=1S/C34H36N2O6/c1-22-14-16-27(17-15-22)41-29-24(3)28-30(40-20-26-12-8-5-9-13-26)34(29,21-39-19-25-10-6-4-7-11-25)42-32(28)36-18-23(2)31(37)35-33(36)38/h4-18,24,28-30,32H,19-21H2,1-3H3,(H,35,37,38)/t24-,28-,29+,30+,32-,34+/m1/s1. The van der Waals surface area contributed by atoms with Crippen molar-refractivity contribution in [3.8, 4) is 5.75 Å². The molecule has 42 heavy (non-hydrogen) atoms. The van der Waals surface area contributed by atoms with Gasteiger partial charge in [0.2, 0.25) is 0 Å². The Bertz CT molecular complexity index is 1620. The first-order valence-corrected chi connectivity index (χ1v) is 14.4. The lowest BCUT2D eigenvalue weighted by atomic mass is 9.92. The smallest absolute Gasteiger partial charge is 0.330 e. The van der Waals surface area contributed by atoms with E-state index in [1.165, 1.54) is 4.57 Å². The summed E-state index contributed by atoms with van der Waals surface area (Å²) in [5.41, 5.74) is 1.67. The molecule has 1 aliphatic carbocycles. The maximum absolute atomic E-state index is 13.1. The molecule has 8 heteroatoms. The second-order valence-corrected chi connectivity index (χ2v) is 11.4. The number of fused-ring (bicyclic) bond motifs is 2. The van der Waals surface area contributed by atoms with Crippen molar-refractivity contribution in [3.63, 3.8) is 0 Å². The van der Waals surface area contributed by atoms with E-state index in [2.05, 4.69) is 11.9 Å². The summed E-state index contributed by atoms with van der Waals surface area (Å²) in [5.74, 6) is 0.393. The van der Waals surface area contributed by atoms with Crippen LogP contribution in [0.25, 0.3) is 0 Å². The molecule has 1 N–H and O–H groups in total. The van der Waals surface area contributed by atoms with E-state index in [1.807, 2.05) is 91.9 Å². The average molecular weight is 569 g/mol. The van der Waals surface area contributed by atoms with Gasteiger partial charge in [-0.2, -0.15) is 0 Å². The normalized spacial score (nSPS) is 26.4. The monoisotopic (exact) mass is 568 g/mol. The number of H-pyrrole nitrogens is 1. The van der Waals surface area contributed by atoms with E-state index >= 15 is 0 Å². The number of benzene rings is 3. The molecule has 0 unspecified atom stereocenters. The maximum Gasteiger partial charge on any atom is 0.330 e. The first kappa shape index (κ1) is 28.2. The summed E-state index contributed by atoms with van der Waals surface area (Å²) >= 11 is 0. The van der Waals surface area contributed by atoms with Crippen LogP contribution in [-0.2, 0) is 27.4 Å². The molecule has 4 aromatic rings. The van der Waals surface area contributed by atoms with E-state index in [4.69, 9.17) is 18.9 Å². The van der Waals surface area contributed by atoms with Crippen LogP contribution in [-0.4, -0.2) is 34.0 Å². The minimum atomic E-state index is -1.04. The minimum absolute atomic E-state index is 0.0784. The Hall–Kier alpha value is -3.98. The van der Waals surface area contributed by atoms with E-state index in [9.17, 15) is 9.59 Å². The van der Waals surface area contributed by atoms with Gasteiger partial charge in [-0.3, -0.25) is 14.3 Å². The zero-order valence-electron chi connectivity index (χ0n) is 24.1. The Morgan fingerprint density at radius 2 is 1.50 bits per heavy atom. The van der Waals surface area contributed by atoms with Gasteiger partial charge in [0.25, 0.3) is 5.56 Å². The SMILES string of the molecule is Cc1ccc(O[C@H]2[C@H](C)[C@H]3[C@H](n4cc(C)c(=O)[nH]c4=O)O[C@]2(COCc2ccccc2)[C@H]3OCc2ccccc2)cc1. The highest BCUT2D eigenvalue weighted by Crippen LogP contribution is 2.58. The Kier molecular flexibility index (Phi) is 7.86. The van der Waals surface area contributed by atoms with Crippen molar-refractivity contribution in [2.75, 3.05) is 6.61 Å². The first-order chi connectivity index (χ1) is 20.4. The molecule has 2 fully saturated rings. The highest BCUT2D eigenvalue weighted by molar-refractivity contribution is 5.29. The van der Waals surface area contributed by atoms with Gasteiger partial charge < -0.3 is 18.9 Å². The number of aromatic amines is 1. The zero-order chi connectivity index (χ0) is 29.3. The third-order valence-corrected chi connectivity index (χ3v) is 8.48. The number of aromatic nitrogens is 2. The fourth-order valence-corrected chi connectivity index (χ4v) is 6.36. The lowest BCUT2D eigenvalue weighted by Crippen LogP contribution is -2.56. The Morgan fingerprint density at radius 1 is 0.857 bits per heavy atom. The summed E-state index contributed by atoms with van der Waals surface area (Å²) < 4.78 is 28.2. The van der Waals surface area contributed by atoms with Crippen molar-refractivity contribution in [1.82, 2.24) is 9.55 Å². The van der Waals surface area contributed by atoms with Crippen LogP contribution in [0.2, 0.25) is 0 Å². The number of ether oxygens (including phenoxy) is 4. The third kappa shape index (κ3) is 5.33.